The molecule has 10 nitrogen and oxygen atoms in total. The Morgan fingerprint density at radius 2 is 1.79 bits per heavy atom. The van der Waals surface area contributed by atoms with E-state index in [0.29, 0.717) is 29.8 Å². The summed E-state index contributed by atoms with van der Waals surface area (Å²) in [5, 5.41) is 30.3. The molecule has 0 aliphatic rings. The van der Waals surface area contributed by atoms with Crippen molar-refractivity contribution < 1.29 is 0 Å². The first-order chi connectivity index (χ1) is 16.7. The summed E-state index contributed by atoms with van der Waals surface area (Å²) in [6.07, 6.45) is 2.59. The molecule has 0 saturated heterocycles. The van der Waals surface area contributed by atoms with E-state index in [0.717, 1.165) is 40.9 Å². The number of nitrogens with zero attached hydrogens (tertiary/aromatic N) is 7. The van der Waals surface area contributed by atoms with Gasteiger partial charge in [0, 0.05) is 12.0 Å². The SMILES string of the molecule is CCCCc1nc2c(C#N)n[nH]c(=O)c2n1Cc1ccccc1-c1ccccc1-c1nn[nH]n1. The Hall–Kier alpha value is -4.65. The molecule has 168 valence electrons. The van der Waals surface area contributed by atoms with E-state index in [1.165, 1.54) is 0 Å². The summed E-state index contributed by atoms with van der Waals surface area (Å²) >= 11 is 0. The summed E-state index contributed by atoms with van der Waals surface area (Å²) in [5.41, 5.74) is 4.21. The number of rotatable bonds is 7. The number of aromatic nitrogens is 8. The number of nitriles is 1. The van der Waals surface area contributed by atoms with Gasteiger partial charge in [0.25, 0.3) is 5.56 Å². The molecule has 5 aromatic rings. The van der Waals surface area contributed by atoms with Crippen LogP contribution < -0.4 is 5.56 Å². The van der Waals surface area contributed by atoms with E-state index < -0.39 is 0 Å². The van der Waals surface area contributed by atoms with E-state index >= 15 is 0 Å². The van der Waals surface area contributed by atoms with Gasteiger partial charge < -0.3 is 4.57 Å². The van der Waals surface area contributed by atoms with Crippen molar-refractivity contribution >= 4 is 11.0 Å². The number of imidazole rings is 1. The van der Waals surface area contributed by atoms with Crippen LogP contribution >= 0.6 is 0 Å². The van der Waals surface area contributed by atoms with Crippen LogP contribution in [0.25, 0.3) is 33.5 Å². The van der Waals surface area contributed by atoms with Crippen molar-refractivity contribution in [2.24, 2.45) is 0 Å². The van der Waals surface area contributed by atoms with E-state index in [-0.39, 0.29) is 11.3 Å². The van der Waals surface area contributed by atoms with Crippen LogP contribution in [0.4, 0.5) is 0 Å². The molecule has 0 atom stereocenters. The highest BCUT2D eigenvalue weighted by atomic mass is 16.1. The Morgan fingerprint density at radius 1 is 1.03 bits per heavy atom. The van der Waals surface area contributed by atoms with Crippen molar-refractivity contribution in [1.29, 1.82) is 5.26 Å². The number of nitrogens with one attached hydrogen (secondary N) is 2. The highest BCUT2D eigenvalue weighted by Crippen LogP contribution is 2.33. The standard InChI is InChI=1S/C24H21N9O/c1-2-3-12-20-26-21-19(13-25)27-30-24(34)22(21)33(20)14-15-8-4-5-9-16(15)17-10-6-7-11-18(17)23-28-31-32-29-23/h4-11H,2-3,12,14H2,1H3,(H,30,34)(H,28,29,31,32). The maximum absolute atomic E-state index is 12.8. The van der Waals surface area contributed by atoms with Gasteiger partial charge in [-0.3, -0.25) is 4.79 Å². The zero-order valence-electron chi connectivity index (χ0n) is 18.5. The minimum Gasteiger partial charge on any atom is -0.319 e. The minimum absolute atomic E-state index is 0.113. The summed E-state index contributed by atoms with van der Waals surface area (Å²) in [7, 11) is 0. The van der Waals surface area contributed by atoms with Gasteiger partial charge in [-0.05, 0) is 28.3 Å². The molecule has 0 saturated carbocycles. The third-order valence-corrected chi connectivity index (χ3v) is 5.76. The third-order valence-electron chi connectivity index (χ3n) is 5.76. The summed E-state index contributed by atoms with van der Waals surface area (Å²) in [6.45, 7) is 2.51. The molecule has 2 N–H and O–H groups in total. The van der Waals surface area contributed by atoms with Gasteiger partial charge in [-0.2, -0.15) is 15.6 Å². The second-order valence-electron chi connectivity index (χ2n) is 7.87. The molecule has 34 heavy (non-hydrogen) atoms. The summed E-state index contributed by atoms with van der Waals surface area (Å²) in [5.74, 6) is 1.26. The number of aromatic amines is 2. The molecule has 0 fully saturated rings. The number of aryl methyl sites for hydroxylation is 1. The predicted molar refractivity (Wildman–Crippen MR) is 126 cm³/mol. The molecular weight excluding hydrogens is 430 g/mol. The van der Waals surface area contributed by atoms with Gasteiger partial charge in [0.15, 0.2) is 5.69 Å². The number of fused-ring (bicyclic) bond motifs is 1. The second-order valence-corrected chi connectivity index (χ2v) is 7.87. The first-order valence-electron chi connectivity index (χ1n) is 11.0. The number of hydrogen-bond acceptors (Lipinski definition) is 7. The zero-order valence-corrected chi connectivity index (χ0v) is 18.5. The van der Waals surface area contributed by atoms with E-state index in [9.17, 15) is 10.1 Å². The average molecular weight is 451 g/mol. The Balaban J connectivity index is 1.68. The smallest absolute Gasteiger partial charge is 0.290 e. The van der Waals surface area contributed by atoms with Crippen molar-refractivity contribution in [1.82, 2.24) is 40.4 Å². The van der Waals surface area contributed by atoms with Crippen LogP contribution in [-0.2, 0) is 13.0 Å². The lowest BCUT2D eigenvalue weighted by molar-refractivity contribution is 0.689. The van der Waals surface area contributed by atoms with Crippen LogP contribution in [0.15, 0.2) is 53.3 Å². The molecule has 0 radical (unpaired) electrons. The number of tetrazole rings is 1. The molecule has 0 amide bonds. The monoisotopic (exact) mass is 451 g/mol. The first-order valence-corrected chi connectivity index (χ1v) is 11.0. The fourth-order valence-corrected chi connectivity index (χ4v) is 4.16. The molecule has 2 aromatic carbocycles. The van der Waals surface area contributed by atoms with Crippen molar-refractivity contribution in [3.63, 3.8) is 0 Å². The summed E-state index contributed by atoms with van der Waals surface area (Å²) < 4.78 is 1.90. The highest BCUT2D eigenvalue weighted by Gasteiger charge is 2.20. The van der Waals surface area contributed by atoms with E-state index in [1.807, 2.05) is 59.2 Å². The quantitative estimate of drug-likeness (QED) is 0.387. The Morgan fingerprint density at radius 3 is 2.53 bits per heavy atom. The largest absolute Gasteiger partial charge is 0.319 e. The summed E-state index contributed by atoms with van der Waals surface area (Å²) in [4.78, 5) is 17.5. The number of benzene rings is 2. The zero-order chi connectivity index (χ0) is 23.5. The molecule has 0 unspecified atom stereocenters. The van der Waals surface area contributed by atoms with Crippen molar-refractivity contribution in [3.8, 4) is 28.6 Å². The Kier molecular flexibility index (Phi) is 5.66. The summed E-state index contributed by atoms with van der Waals surface area (Å²) in [6, 6.07) is 17.9. The van der Waals surface area contributed by atoms with Crippen LogP contribution in [-0.4, -0.2) is 40.4 Å². The van der Waals surface area contributed by atoms with Gasteiger partial charge in [-0.15, -0.1) is 10.2 Å². The van der Waals surface area contributed by atoms with Gasteiger partial charge in [-0.25, -0.2) is 10.1 Å². The molecule has 0 bridgehead atoms. The van der Waals surface area contributed by atoms with Gasteiger partial charge in [0.2, 0.25) is 5.82 Å². The number of H-pyrrole nitrogens is 2. The van der Waals surface area contributed by atoms with Gasteiger partial charge in [-0.1, -0.05) is 61.9 Å². The molecule has 3 aromatic heterocycles. The third kappa shape index (κ3) is 3.73. The number of hydrogen-bond donors (Lipinski definition) is 2. The number of unbranched alkanes of at least 4 members (excludes halogenated alkanes) is 1. The van der Waals surface area contributed by atoms with Crippen LogP contribution in [0, 0.1) is 11.3 Å². The Bertz CT molecular complexity index is 1560. The minimum atomic E-state index is -0.367. The van der Waals surface area contributed by atoms with Crippen molar-refractivity contribution in [2.45, 2.75) is 32.7 Å². The van der Waals surface area contributed by atoms with E-state index in [1.54, 1.807) is 0 Å². The first kappa shape index (κ1) is 21.2. The lowest BCUT2D eigenvalue weighted by Gasteiger charge is -2.15. The van der Waals surface area contributed by atoms with Gasteiger partial charge in [0.05, 0.1) is 6.54 Å². The maximum Gasteiger partial charge on any atom is 0.290 e. The van der Waals surface area contributed by atoms with Crippen LogP contribution in [0.2, 0.25) is 0 Å². The average Bonchev–Trinajstić information content (AvgIpc) is 3.53. The second kappa shape index (κ2) is 9.07. The Labute approximate surface area is 194 Å². The van der Waals surface area contributed by atoms with Crippen LogP contribution in [0.5, 0.6) is 0 Å². The van der Waals surface area contributed by atoms with Gasteiger partial charge in [0.1, 0.15) is 22.9 Å². The molecule has 10 heteroatoms. The maximum atomic E-state index is 12.8. The fourth-order valence-electron chi connectivity index (χ4n) is 4.16. The molecule has 0 aliphatic heterocycles. The normalized spacial score (nSPS) is 11.1. The molecule has 0 aliphatic carbocycles. The van der Waals surface area contributed by atoms with E-state index in [4.69, 9.17) is 0 Å². The fraction of sp³-hybridized carbons (Fsp3) is 0.208. The van der Waals surface area contributed by atoms with Gasteiger partial charge >= 0.3 is 0 Å². The predicted octanol–water partition coefficient (Wildman–Crippen LogP) is 3.23. The lowest BCUT2D eigenvalue weighted by atomic mass is 9.95. The molecule has 5 rings (SSSR count). The molecular formula is C24H21N9O. The lowest BCUT2D eigenvalue weighted by Crippen LogP contribution is -2.16. The molecule has 0 spiro atoms. The topological polar surface area (TPSA) is 142 Å². The van der Waals surface area contributed by atoms with Crippen LogP contribution in [0.3, 0.4) is 0 Å². The van der Waals surface area contributed by atoms with Crippen LogP contribution in [0.1, 0.15) is 36.8 Å². The van der Waals surface area contributed by atoms with Crippen molar-refractivity contribution in [2.75, 3.05) is 0 Å². The highest BCUT2D eigenvalue weighted by molar-refractivity contribution is 5.83. The van der Waals surface area contributed by atoms with E-state index in [2.05, 4.69) is 42.7 Å². The molecule has 3 heterocycles. The van der Waals surface area contributed by atoms with Crippen molar-refractivity contribution in [3.05, 3.63) is 76.0 Å².